The number of amides is 1. The Morgan fingerprint density at radius 3 is 1.67 bits per heavy atom. The predicted molar refractivity (Wildman–Crippen MR) is 103 cm³/mol. The zero-order chi connectivity index (χ0) is 18.4. The lowest BCUT2D eigenvalue weighted by molar-refractivity contribution is -0.120. The van der Waals surface area contributed by atoms with Crippen molar-refractivity contribution in [1.82, 2.24) is 5.32 Å². The van der Waals surface area contributed by atoms with E-state index in [2.05, 4.69) is 44.3 Å². The van der Waals surface area contributed by atoms with Crippen LogP contribution in [0.5, 0.6) is 0 Å². The van der Waals surface area contributed by atoms with Crippen LogP contribution in [0.2, 0.25) is 0 Å². The van der Waals surface area contributed by atoms with Crippen LogP contribution in [-0.4, -0.2) is 18.2 Å². The number of rotatable bonds is 12. The van der Waals surface area contributed by atoms with Gasteiger partial charge < -0.3 is 10.1 Å². The average Bonchev–Trinajstić information content (AvgIpc) is 2.52. The van der Waals surface area contributed by atoms with Gasteiger partial charge in [-0.15, -0.1) is 0 Å². The molecule has 0 fully saturated rings. The van der Waals surface area contributed by atoms with Gasteiger partial charge in [0.25, 0.3) is 0 Å². The molecule has 0 spiro atoms. The first-order valence-corrected chi connectivity index (χ1v) is 9.08. The summed E-state index contributed by atoms with van der Waals surface area (Å²) in [6.07, 6.45) is 13.0. The van der Waals surface area contributed by atoms with Crippen LogP contribution in [0.15, 0.2) is 34.9 Å². The summed E-state index contributed by atoms with van der Waals surface area (Å²) in [6.45, 7) is 10.5. The van der Waals surface area contributed by atoms with Crippen LogP contribution >= 0.6 is 0 Å². The topological polar surface area (TPSA) is 46.2 Å². The third-order valence-electron chi connectivity index (χ3n) is 3.94. The monoisotopic (exact) mass is 333 g/mol. The molecule has 0 radical (unpaired) electrons. The summed E-state index contributed by atoms with van der Waals surface area (Å²) in [6, 6.07) is 0. The van der Waals surface area contributed by atoms with Crippen molar-refractivity contribution in [1.29, 1.82) is 0 Å². The fourth-order valence-electron chi connectivity index (χ4n) is 2.25. The molecular weight excluding hydrogens is 298 g/mol. The van der Waals surface area contributed by atoms with Gasteiger partial charge in [0.05, 0.1) is 0 Å². The molecule has 0 bridgehead atoms. The number of allylic oxidation sites excluding steroid dienone is 5. The molecule has 3 nitrogen and oxygen atoms in total. The summed E-state index contributed by atoms with van der Waals surface area (Å²) in [5.74, 6) is 0.359. The Bertz CT molecular complexity index is 484. The van der Waals surface area contributed by atoms with Crippen molar-refractivity contribution in [2.24, 2.45) is 0 Å². The maximum atomic E-state index is 11.2. The summed E-state index contributed by atoms with van der Waals surface area (Å²) in [7, 11) is 0. The molecule has 0 aliphatic carbocycles. The minimum atomic E-state index is 0.102. The molecule has 0 aliphatic heterocycles. The first-order chi connectivity index (χ1) is 11.3. The number of hydrogen-bond donors (Lipinski definition) is 1. The van der Waals surface area contributed by atoms with Gasteiger partial charge in [-0.3, -0.25) is 4.79 Å². The van der Waals surface area contributed by atoms with E-state index in [1.54, 1.807) is 6.92 Å². The lowest BCUT2D eigenvalue weighted by Crippen LogP contribution is -2.23. The molecule has 0 aliphatic rings. The average molecular weight is 334 g/mol. The number of carbonyl (C=O) groups is 2. The van der Waals surface area contributed by atoms with Gasteiger partial charge in [-0.25, -0.2) is 0 Å². The van der Waals surface area contributed by atoms with E-state index in [0.29, 0.717) is 19.4 Å². The van der Waals surface area contributed by atoms with Crippen molar-refractivity contribution in [2.75, 3.05) is 6.54 Å². The largest absolute Gasteiger partial charge is 0.352 e. The highest BCUT2D eigenvalue weighted by atomic mass is 16.1. The van der Waals surface area contributed by atoms with Gasteiger partial charge in [0.1, 0.15) is 5.78 Å². The second-order valence-corrected chi connectivity index (χ2v) is 6.60. The lowest BCUT2D eigenvalue weighted by Gasteiger charge is -2.04. The zero-order valence-corrected chi connectivity index (χ0v) is 16.2. The normalized spacial score (nSPS) is 13.1. The SMILES string of the molecule is CCC(=O)NCC(C)=CCCC(C)=CCCC(C)=CCCC(C)=O. The van der Waals surface area contributed by atoms with E-state index in [1.165, 1.54) is 16.7 Å². The van der Waals surface area contributed by atoms with E-state index < -0.39 is 0 Å². The number of hydrogen-bond acceptors (Lipinski definition) is 2. The van der Waals surface area contributed by atoms with Crippen molar-refractivity contribution < 1.29 is 9.59 Å². The molecule has 0 aromatic carbocycles. The van der Waals surface area contributed by atoms with Crippen LogP contribution in [0.1, 0.15) is 79.6 Å². The summed E-state index contributed by atoms with van der Waals surface area (Å²) < 4.78 is 0. The molecule has 0 unspecified atom stereocenters. The van der Waals surface area contributed by atoms with Crippen LogP contribution in [-0.2, 0) is 9.59 Å². The summed E-state index contributed by atoms with van der Waals surface area (Å²) in [5, 5.41) is 2.89. The van der Waals surface area contributed by atoms with Crippen molar-refractivity contribution >= 4 is 11.7 Å². The summed E-state index contributed by atoms with van der Waals surface area (Å²) in [4.78, 5) is 22.1. The lowest BCUT2D eigenvalue weighted by atomic mass is 10.1. The maximum Gasteiger partial charge on any atom is 0.219 e. The van der Waals surface area contributed by atoms with E-state index in [-0.39, 0.29) is 11.7 Å². The smallest absolute Gasteiger partial charge is 0.219 e. The fraction of sp³-hybridized carbons (Fsp3) is 0.619. The van der Waals surface area contributed by atoms with Crippen molar-refractivity contribution in [3.05, 3.63) is 34.9 Å². The Hall–Kier alpha value is -1.64. The molecular formula is C21H35NO2. The molecule has 0 rings (SSSR count). The molecule has 136 valence electrons. The van der Waals surface area contributed by atoms with E-state index in [9.17, 15) is 9.59 Å². The molecule has 0 saturated carbocycles. The van der Waals surface area contributed by atoms with Crippen LogP contribution in [0, 0.1) is 0 Å². The van der Waals surface area contributed by atoms with E-state index in [0.717, 1.165) is 32.1 Å². The molecule has 24 heavy (non-hydrogen) atoms. The number of nitrogens with one attached hydrogen (secondary N) is 1. The van der Waals surface area contributed by atoms with Gasteiger partial charge in [-0.2, -0.15) is 0 Å². The van der Waals surface area contributed by atoms with Crippen LogP contribution in [0.3, 0.4) is 0 Å². The fourth-order valence-corrected chi connectivity index (χ4v) is 2.25. The molecule has 0 heterocycles. The number of Topliss-reactive ketones (excluding diaryl/α,β-unsaturated/α-hetero) is 1. The molecule has 3 heteroatoms. The van der Waals surface area contributed by atoms with Crippen molar-refractivity contribution in [3.63, 3.8) is 0 Å². The number of carbonyl (C=O) groups excluding carboxylic acids is 2. The van der Waals surface area contributed by atoms with E-state index in [4.69, 9.17) is 0 Å². The predicted octanol–water partition coefficient (Wildman–Crippen LogP) is 5.28. The Labute approximate surface area is 148 Å². The highest BCUT2D eigenvalue weighted by Gasteiger charge is 1.97. The third kappa shape index (κ3) is 14.0. The van der Waals surface area contributed by atoms with Crippen molar-refractivity contribution in [2.45, 2.75) is 79.6 Å². The van der Waals surface area contributed by atoms with Gasteiger partial charge in [0.2, 0.25) is 5.91 Å². The highest BCUT2D eigenvalue weighted by molar-refractivity contribution is 5.75. The minimum Gasteiger partial charge on any atom is -0.352 e. The molecule has 1 amide bonds. The van der Waals surface area contributed by atoms with Gasteiger partial charge in [0.15, 0.2) is 0 Å². The first-order valence-electron chi connectivity index (χ1n) is 9.08. The molecule has 0 aromatic rings. The summed E-state index contributed by atoms with van der Waals surface area (Å²) in [5.41, 5.74) is 3.99. The Kier molecular flexibility index (Phi) is 12.8. The van der Waals surface area contributed by atoms with Gasteiger partial charge in [-0.1, -0.05) is 41.9 Å². The molecule has 0 saturated heterocycles. The maximum absolute atomic E-state index is 11.2. The van der Waals surface area contributed by atoms with Gasteiger partial charge in [0, 0.05) is 19.4 Å². The molecule has 1 N–H and O–H groups in total. The standard InChI is InChI=1S/C21H35NO2/c1-6-21(24)22-16-19(4)14-8-12-17(2)10-7-11-18(3)13-9-15-20(5)23/h10,13-14H,6-9,11-12,15-16H2,1-5H3,(H,22,24). The highest BCUT2D eigenvalue weighted by Crippen LogP contribution is 2.12. The summed E-state index contributed by atoms with van der Waals surface area (Å²) >= 11 is 0. The minimum absolute atomic E-state index is 0.102. The number of ketones is 1. The van der Waals surface area contributed by atoms with E-state index >= 15 is 0 Å². The van der Waals surface area contributed by atoms with Crippen LogP contribution < -0.4 is 5.32 Å². The Morgan fingerprint density at radius 2 is 1.21 bits per heavy atom. The molecule has 0 atom stereocenters. The Morgan fingerprint density at radius 1 is 0.750 bits per heavy atom. The molecule has 0 aromatic heterocycles. The quantitative estimate of drug-likeness (QED) is 0.494. The third-order valence-corrected chi connectivity index (χ3v) is 3.94. The second-order valence-electron chi connectivity index (χ2n) is 6.60. The first kappa shape index (κ1) is 22.4. The van der Waals surface area contributed by atoms with Gasteiger partial charge >= 0.3 is 0 Å². The van der Waals surface area contributed by atoms with Gasteiger partial charge in [-0.05, 0) is 59.8 Å². The van der Waals surface area contributed by atoms with E-state index in [1.807, 2.05) is 6.92 Å². The van der Waals surface area contributed by atoms with Crippen LogP contribution in [0.4, 0.5) is 0 Å². The second kappa shape index (κ2) is 13.8. The zero-order valence-electron chi connectivity index (χ0n) is 16.2. The Balaban J connectivity index is 3.98. The van der Waals surface area contributed by atoms with Crippen molar-refractivity contribution in [3.8, 4) is 0 Å². The van der Waals surface area contributed by atoms with Crippen LogP contribution in [0.25, 0.3) is 0 Å².